The van der Waals surface area contributed by atoms with Crippen LogP contribution in [0, 0.1) is 0 Å². The number of nitrogens with one attached hydrogen (secondary N) is 1. The lowest BCUT2D eigenvalue weighted by atomic mass is 10.1. The molecule has 2 rings (SSSR count). The molecule has 0 saturated carbocycles. The van der Waals surface area contributed by atoms with Gasteiger partial charge in [-0.05, 0) is 30.2 Å². The number of furan rings is 1. The predicted octanol–water partition coefficient (Wildman–Crippen LogP) is 3.10. The first kappa shape index (κ1) is 21.7. The number of methoxy groups -OCH3 is 1. The summed E-state index contributed by atoms with van der Waals surface area (Å²) in [4.78, 5) is 32.4. The number of aliphatic carboxylic acids is 1. The van der Waals surface area contributed by atoms with Crippen LogP contribution in [0.2, 0.25) is 0 Å². The Balaban J connectivity index is 0.000000527. The molecular formula is C20H23NO6. The summed E-state index contributed by atoms with van der Waals surface area (Å²) in [6.45, 7) is 7.24. The smallest absolute Gasteiger partial charge is 0.337 e. The van der Waals surface area contributed by atoms with Gasteiger partial charge in [0.25, 0.3) is 0 Å². The van der Waals surface area contributed by atoms with E-state index in [1.54, 1.807) is 30.5 Å². The highest BCUT2D eigenvalue weighted by atomic mass is 16.5. The van der Waals surface area contributed by atoms with Gasteiger partial charge in [-0.1, -0.05) is 12.2 Å². The Labute approximate surface area is 157 Å². The molecule has 144 valence electrons. The second-order valence-electron chi connectivity index (χ2n) is 5.44. The van der Waals surface area contributed by atoms with E-state index in [9.17, 15) is 14.4 Å². The Morgan fingerprint density at radius 2 is 1.93 bits per heavy atom. The molecule has 1 heterocycles. The van der Waals surface area contributed by atoms with Crippen molar-refractivity contribution in [2.75, 3.05) is 13.7 Å². The molecule has 1 amide bonds. The van der Waals surface area contributed by atoms with Crippen molar-refractivity contribution >= 4 is 28.8 Å². The zero-order valence-corrected chi connectivity index (χ0v) is 15.2. The van der Waals surface area contributed by atoms with Crippen molar-refractivity contribution < 1.29 is 28.6 Å². The van der Waals surface area contributed by atoms with Crippen LogP contribution >= 0.6 is 0 Å². The van der Waals surface area contributed by atoms with E-state index in [0.717, 1.165) is 10.9 Å². The van der Waals surface area contributed by atoms with Crippen LogP contribution in [0.4, 0.5) is 0 Å². The number of carboxylic acids is 1. The van der Waals surface area contributed by atoms with Crippen LogP contribution in [-0.4, -0.2) is 36.6 Å². The lowest BCUT2D eigenvalue weighted by Gasteiger charge is -2.03. The Bertz CT molecular complexity index is 821. The van der Waals surface area contributed by atoms with E-state index in [1.807, 2.05) is 0 Å². The molecule has 0 bridgehead atoms. The summed E-state index contributed by atoms with van der Waals surface area (Å²) in [7, 11) is 1.35. The normalized spacial score (nSPS) is 9.67. The number of carbonyl (C=O) groups excluding carboxylic acids is 2. The van der Waals surface area contributed by atoms with E-state index in [4.69, 9.17) is 14.3 Å². The molecule has 0 spiro atoms. The molecule has 0 fully saturated rings. The maximum atomic E-state index is 11.5. The Morgan fingerprint density at radius 3 is 2.48 bits per heavy atom. The van der Waals surface area contributed by atoms with Crippen LogP contribution in [-0.2, 0) is 20.7 Å². The maximum absolute atomic E-state index is 11.5. The number of ether oxygens (including phenoxy) is 1. The molecule has 1 aromatic carbocycles. The molecule has 0 aliphatic carbocycles. The lowest BCUT2D eigenvalue weighted by molar-refractivity contribution is -0.136. The van der Waals surface area contributed by atoms with Gasteiger partial charge in [0.2, 0.25) is 5.91 Å². The van der Waals surface area contributed by atoms with Crippen LogP contribution < -0.4 is 5.32 Å². The molecule has 2 aromatic rings. The fourth-order valence-corrected chi connectivity index (χ4v) is 2.18. The molecule has 27 heavy (non-hydrogen) atoms. The molecule has 1 aromatic heterocycles. The molecule has 0 aliphatic rings. The van der Waals surface area contributed by atoms with Gasteiger partial charge in [0.15, 0.2) is 0 Å². The highest BCUT2D eigenvalue weighted by molar-refractivity contribution is 5.95. The van der Waals surface area contributed by atoms with E-state index in [0.29, 0.717) is 30.5 Å². The fourth-order valence-electron chi connectivity index (χ4n) is 2.18. The third kappa shape index (κ3) is 7.19. The van der Waals surface area contributed by atoms with E-state index < -0.39 is 5.97 Å². The maximum Gasteiger partial charge on any atom is 0.337 e. The van der Waals surface area contributed by atoms with E-state index in [1.165, 1.54) is 13.2 Å². The minimum Gasteiger partial charge on any atom is -0.481 e. The van der Waals surface area contributed by atoms with Crippen LogP contribution in [0.1, 0.15) is 28.8 Å². The van der Waals surface area contributed by atoms with Gasteiger partial charge in [-0.3, -0.25) is 9.59 Å². The van der Waals surface area contributed by atoms with Gasteiger partial charge in [-0.15, -0.1) is 13.2 Å². The molecule has 2 N–H and O–H groups in total. The summed E-state index contributed by atoms with van der Waals surface area (Å²) in [6, 6.07) is 5.14. The molecule has 0 radical (unpaired) electrons. The minimum absolute atomic E-state index is 0.0556. The molecule has 7 heteroatoms. The third-order valence-corrected chi connectivity index (χ3v) is 3.44. The average molecular weight is 373 g/mol. The van der Waals surface area contributed by atoms with Crippen molar-refractivity contribution in [2.45, 2.75) is 19.3 Å². The van der Waals surface area contributed by atoms with Crippen LogP contribution in [0.15, 0.2) is 54.2 Å². The number of esters is 1. The first-order valence-corrected chi connectivity index (χ1v) is 8.21. The quantitative estimate of drug-likeness (QED) is 0.544. The SMILES string of the molecule is C=CCC(=O)NCCc1coc2ccc(C(=O)OC)cc12.C=CCC(=O)O. The first-order chi connectivity index (χ1) is 12.9. The summed E-state index contributed by atoms with van der Waals surface area (Å²) < 4.78 is 10.1. The predicted molar refractivity (Wildman–Crippen MR) is 102 cm³/mol. The van der Waals surface area contributed by atoms with E-state index >= 15 is 0 Å². The van der Waals surface area contributed by atoms with Crippen LogP contribution in [0.3, 0.4) is 0 Å². The van der Waals surface area contributed by atoms with E-state index in [-0.39, 0.29) is 18.3 Å². The first-order valence-electron chi connectivity index (χ1n) is 8.21. The van der Waals surface area contributed by atoms with Crippen molar-refractivity contribution in [1.29, 1.82) is 0 Å². The van der Waals surface area contributed by atoms with Gasteiger partial charge in [-0.25, -0.2) is 4.79 Å². The van der Waals surface area contributed by atoms with Crippen molar-refractivity contribution in [1.82, 2.24) is 5.32 Å². The van der Waals surface area contributed by atoms with Gasteiger partial charge >= 0.3 is 11.9 Å². The van der Waals surface area contributed by atoms with E-state index in [2.05, 4.69) is 18.5 Å². The number of amides is 1. The summed E-state index contributed by atoms with van der Waals surface area (Å²) >= 11 is 0. The van der Waals surface area contributed by atoms with Crippen molar-refractivity contribution in [3.8, 4) is 0 Å². The van der Waals surface area contributed by atoms with Crippen molar-refractivity contribution in [2.24, 2.45) is 0 Å². The summed E-state index contributed by atoms with van der Waals surface area (Å²) in [5.41, 5.74) is 2.12. The Kier molecular flexibility index (Phi) is 9.08. The number of carbonyl (C=O) groups is 3. The average Bonchev–Trinajstić information content (AvgIpc) is 3.04. The number of fused-ring (bicyclic) bond motifs is 1. The summed E-state index contributed by atoms with van der Waals surface area (Å²) in [5, 5.41) is 11.5. The fraction of sp³-hybridized carbons (Fsp3) is 0.250. The number of carboxylic acid groups (broad SMARTS) is 1. The molecule has 0 saturated heterocycles. The molecule has 0 unspecified atom stereocenters. The number of rotatable bonds is 8. The van der Waals surface area contributed by atoms with Crippen LogP contribution in [0.5, 0.6) is 0 Å². The van der Waals surface area contributed by atoms with Crippen molar-refractivity contribution in [3.05, 3.63) is 60.9 Å². The highest BCUT2D eigenvalue weighted by Crippen LogP contribution is 2.23. The summed E-state index contributed by atoms with van der Waals surface area (Å²) in [6.07, 6.45) is 5.54. The van der Waals surface area contributed by atoms with Gasteiger partial charge < -0.3 is 19.6 Å². The van der Waals surface area contributed by atoms with Gasteiger partial charge in [0.05, 0.1) is 25.4 Å². The lowest BCUT2D eigenvalue weighted by Crippen LogP contribution is -2.24. The number of hydrogen-bond donors (Lipinski definition) is 2. The second kappa shape index (κ2) is 11.3. The van der Waals surface area contributed by atoms with Gasteiger partial charge in [-0.2, -0.15) is 0 Å². The molecule has 0 atom stereocenters. The topological polar surface area (TPSA) is 106 Å². The molecule has 0 aliphatic heterocycles. The number of hydrogen-bond acceptors (Lipinski definition) is 5. The number of benzene rings is 1. The zero-order chi connectivity index (χ0) is 20.2. The van der Waals surface area contributed by atoms with Crippen LogP contribution in [0.25, 0.3) is 11.0 Å². The highest BCUT2D eigenvalue weighted by Gasteiger charge is 2.11. The Hall–Kier alpha value is -3.35. The Morgan fingerprint density at radius 1 is 1.22 bits per heavy atom. The minimum atomic E-state index is -0.829. The van der Waals surface area contributed by atoms with Gasteiger partial charge in [0, 0.05) is 18.4 Å². The summed E-state index contributed by atoms with van der Waals surface area (Å²) in [5.74, 6) is -1.28. The largest absolute Gasteiger partial charge is 0.481 e. The zero-order valence-electron chi connectivity index (χ0n) is 15.2. The standard InChI is InChI=1S/C16H17NO4.C4H6O2/c1-3-4-15(18)17-8-7-12-10-21-14-6-5-11(9-13(12)14)16(19)20-2;1-2-3-4(5)6/h3,5-6,9-10H,1,4,7-8H2,2H3,(H,17,18);2H,1,3H2,(H,5,6). The molecular weight excluding hydrogens is 350 g/mol. The van der Waals surface area contributed by atoms with Crippen molar-refractivity contribution in [3.63, 3.8) is 0 Å². The molecule has 7 nitrogen and oxygen atoms in total. The second-order valence-corrected chi connectivity index (χ2v) is 5.44. The van der Waals surface area contributed by atoms with Gasteiger partial charge in [0.1, 0.15) is 5.58 Å². The monoisotopic (exact) mass is 373 g/mol. The third-order valence-electron chi connectivity index (χ3n) is 3.44.